The average Bonchev–Trinajstić information content (AvgIpc) is 2.97. The molecule has 0 amide bonds. The molecule has 0 fully saturated rings. The van der Waals surface area contributed by atoms with Gasteiger partial charge in [0.05, 0.1) is 5.39 Å². The molecule has 0 saturated heterocycles. The molecular formula is C16H13FN2O3S2. The molecule has 3 rings (SSSR count). The molecule has 2 N–H and O–H groups in total. The van der Waals surface area contributed by atoms with Crippen molar-refractivity contribution >= 4 is 39.3 Å². The van der Waals surface area contributed by atoms with Gasteiger partial charge in [-0.3, -0.25) is 9.59 Å². The maximum atomic E-state index is 13.1. The molecule has 0 radical (unpaired) electrons. The Morgan fingerprint density at radius 1 is 1.33 bits per heavy atom. The number of carbonyl (C=O) groups is 1. The topological polar surface area (TPSA) is 83.0 Å². The zero-order valence-corrected chi connectivity index (χ0v) is 14.0. The molecule has 0 aliphatic carbocycles. The lowest BCUT2D eigenvalue weighted by Crippen LogP contribution is -2.08. The van der Waals surface area contributed by atoms with E-state index in [0.717, 1.165) is 11.1 Å². The summed E-state index contributed by atoms with van der Waals surface area (Å²) in [5.41, 5.74) is 1.24. The number of rotatable bonds is 6. The van der Waals surface area contributed by atoms with E-state index in [1.165, 1.54) is 35.2 Å². The number of hydrogen-bond donors (Lipinski definition) is 2. The first-order chi connectivity index (χ1) is 11.5. The van der Waals surface area contributed by atoms with E-state index in [9.17, 15) is 14.0 Å². The molecular weight excluding hydrogens is 351 g/mol. The summed E-state index contributed by atoms with van der Waals surface area (Å²) in [4.78, 5) is 30.6. The molecule has 0 spiro atoms. The lowest BCUT2D eigenvalue weighted by molar-refractivity contribution is -0.137. The highest BCUT2D eigenvalue weighted by atomic mass is 32.2. The number of nitrogens with zero attached hydrogens (tertiary/aromatic N) is 1. The highest BCUT2D eigenvalue weighted by molar-refractivity contribution is 7.99. The van der Waals surface area contributed by atoms with Crippen molar-refractivity contribution in [1.82, 2.24) is 9.97 Å². The fraction of sp³-hybridized carbons (Fsp3) is 0.188. The number of carboxylic acid groups (broad SMARTS) is 1. The van der Waals surface area contributed by atoms with E-state index in [1.807, 2.05) is 5.38 Å². The van der Waals surface area contributed by atoms with Crippen LogP contribution in [0.25, 0.3) is 21.3 Å². The van der Waals surface area contributed by atoms with Crippen molar-refractivity contribution in [3.05, 3.63) is 45.8 Å². The molecule has 0 aliphatic rings. The van der Waals surface area contributed by atoms with E-state index in [4.69, 9.17) is 5.11 Å². The Kier molecular flexibility index (Phi) is 4.96. The lowest BCUT2D eigenvalue weighted by Gasteiger charge is -2.02. The molecule has 24 heavy (non-hydrogen) atoms. The number of aromatic nitrogens is 2. The van der Waals surface area contributed by atoms with Crippen LogP contribution >= 0.6 is 23.1 Å². The number of fused-ring (bicyclic) bond motifs is 1. The summed E-state index contributed by atoms with van der Waals surface area (Å²) in [6.45, 7) is 0. The van der Waals surface area contributed by atoms with Crippen LogP contribution in [0.5, 0.6) is 0 Å². The maximum Gasteiger partial charge on any atom is 0.303 e. The second-order valence-electron chi connectivity index (χ2n) is 5.05. The van der Waals surface area contributed by atoms with E-state index in [1.54, 1.807) is 12.1 Å². The van der Waals surface area contributed by atoms with E-state index in [2.05, 4.69) is 9.97 Å². The molecule has 1 aromatic carbocycles. The minimum atomic E-state index is -0.838. The van der Waals surface area contributed by atoms with E-state index >= 15 is 0 Å². The van der Waals surface area contributed by atoms with Gasteiger partial charge in [-0.05, 0) is 24.1 Å². The predicted octanol–water partition coefficient (Wildman–Crippen LogP) is 3.75. The number of hydrogen-bond acceptors (Lipinski definition) is 5. The molecule has 124 valence electrons. The molecule has 3 aromatic rings. The van der Waals surface area contributed by atoms with E-state index < -0.39 is 5.97 Å². The second-order valence-corrected chi connectivity index (χ2v) is 6.99. The minimum Gasteiger partial charge on any atom is -0.481 e. The Morgan fingerprint density at radius 2 is 2.08 bits per heavy atom. The van der Waals surface area contributed by atoms with Gasteiger partial charge in [0.15, 0.2) is 5.16 Å². The van der Waals surface area contributed by atoms with Crippen molar-refractivity contribution in [1.29, 1.82) is 0 Å². The first kappa shape index (κ1) is 16.7. The number of benzene rings is 1. The van der Waals surface area contributed by atoms with E-state index in [0.29, 0.717) is 27.5 Å². The number of aromatic amines is 1. The summed E-state index contributed by atoms with van der Waals surface area (Å²) < 4.78 is 13.1. The molecule has 0 atom stereocenters. The number of thioether (sulfide) groups is 1. The van der Waals surface area contributed by atoms with Crippen molar-refractivity contribution in [2.45, 2.75) is 18.0 Å². The number of halogens is 1. The van der Waals surface area contributed by atoms with Gasteiger partial charge >= 0.3 is 5.97 Å². The third-order valence-corrected chi connectivity index (χ3v) is 5.18. The van der Waals surface area contributed by atoms with Crippen LogP contribution in [0.3, 0.4) is 0 Å². The van der Waals surface area contributed by atoms with Gasteiger partial charge in [0.1, 0.15) is 10.6 Å². The van der Waals surface area contributed by atoms with Crippen LogP contribution in [0, 0.1) is 5.82 Å². The van der Waals surface area contributed by atoms with Gasteiger partial charge in [-0.2, -0.15) is 0 Å². The number of carboxylic acids is 1. The van der Waals surface area contributed by atoms with Crippen molar-refractivity contribution in [3.63, 3.8) is 0 Å². The molecule has 0 aliphatic heterocycles. The number of H-pyrrole nitrogens is 1. The highest BCUT2D eigenvalue weighted by Crippen LogP contribution is 2.31. The molecule has 5 nitrogen and oxygen atoms in total. The monoisotopic (exact) mass is 364 g/mol. The fourth-order valence-corrected chi connectivity index (χ4v) is 4.04. The normalized spacial score (nSPS) is 11.0. The summed E-state index contributed by atoms with van der Waals surface area (Å²) in [6, 6.07) is 5.97. The lowest BCUT2D eigenvalue weighted by atomic mass is 10.1. The van der Waals surface area contributed by atoms with Crippen LogP contribution in [0.4, 0.5) is 4.39 Å². The molecule has 0 bridgehead atoms. The quantitative estimate of drug-likeness (QED) is 0.395. The van der Waals surface area contributed by atoms with Crippen LogP contribution in [-0.4, -0.2) is 26.8 Å². The Morgan fingerprint density at radius 3 is 2.79 bits per heavy atom. The molecule has 2 heterocycles. The maximum absolute atomic E-state index is 13.1. The Balaban J connectivity index is 1.87. The van der Waals surface area contributed by atoms with Gasteiger partial charge in [0.25, 0.3) is 5.56 Å². The first-order valence-corrected chi connectivity index (χ1v) is 9.03. The van der Waals surface area contributed by atoms with Crippen molar-refractivity contribution in [3.8, 4) is 11.1 Å². The Hall–Kier alpha value is -2.19. The van der Waals surface area contributed by atoms with Crippen LogP contribution < -0.4 is 5.56 Å². The third kappa shape index (κ3) is 3.65. The van der Waals surface area contributed by atoms with Gasteiger partial charge in [-0.25, -0.2) is 9.37 Å². The zero-order chi connectivity index (χ0) is 17.1. The second kappa shape index (κ2) is 7.14. The smallest absolute Gasteiger partial charge is 0.303 e. The van der Waals surface area contributed by atoms with Gasteiger partial charge in [-0.15, -0.1) is 11.3 Å². The van der Waals surface area contributed by atoms with Crippen molar-refractivity contribution in [2.24, 2.45) is 0 Å². The summed E-state index contributed by atoms with van der Waals surface area (Å²) >= 11 is 2.68. The van der Waals surface area contributed by atoms with Gasteiger partial charge in [0.2, 0.25) is 0 Å². The third-order valence-electron chi connectivity index (χ3n) is 3.35. The average molecular weight is 364 g/mol. The minimum absolute atomic E-state index is 0.0905. The van der Waals surface area contributed by atoms with E-state index in [-0.39, 0.29) is 17.8 Å². The SMILES string of the molecule is O=C(O)CCCSc1nc2scc(-c3ccc(F)cc3)c2c(=O)[nH]1. The molecule has 0 saturated carbocycles. The van der Waals surface area contributed by atoms with Gasteiger partial charge in [-0.1, -0.05) is 23.9 Å². The summed E-state index contributed by atoms with van der Waals surface area (Å²) in [7, 11) is 0. The molecule has 0 unspecified atom stereocenters. The summed E-state index contributed by atoms with van der Waals surface area (Å²) in [5.74, 6) is -0.600. The number of nitrogens with one attached hydrogen (secondary N) is 1. The van der Waals surface area contributed by atoms with Crippen LogP contribution in [-0.2, 0) is 4.79 Å². The summed E-state index contributed by atoms with van der Waals surface area (Å²) in [6.07, 6.45) is 0.597. The Labute approximate surface area is 144 Å². The Bertz CT molecular complexity index is 935. The number of aliphatic carboxylic acids is 1. The zero-order valence-electron chi connectivity index (χ0n) is 12.4. The van der Waals surface area contributed by atoms with Crippen molar-refractivity contribution in [2.75, 3.05) is 5.75 Å². The molecule has 2 aromatic heterocycles. The van der Waals surface area contributed by atoms with Crippen LogP contribution in [0.2, 0.25) is 0 Å². The molecule has 8 heteroatoms. The number of thiophene rings is 1. The van der Waals surface area contributed by atoms with Crippen LogP contribution in [0.15, 0.2) is 39.6 Å². The predicted molar refractivity (Wildman–Crippen MR) is 93.2 cm³/mol. The summed E-state index contributed by atoms with van der Waals surface area (Å²) in [5, 5.41) is 11.4. The largest absolute Gasteiger partial charge is 0.481 e. The van der Waals surface area contributed by atoms with Gasteiger partial charge < -0.3 is 10.1 Å². The van der Waals surface area contributed by atoms with Crippen LogP contribution in [0.1, 0.15) is 12.8 Å². The fourth-order valence-electron chi connectivity index (χ4n) is 2.23. The standard InChI is InChI=1S/C16H13FN2O3S2/c17-10-5-3-9(4-6-10)11-8-24-15-13(11)14(22)18-16(19-15)23-7-1-2-12(20)21/h3-6,8H,1-2,7H2,(H,20,21)(H,18,19,22). The first-order valence-electron chi connectivity index (χ1n) is 7.16. The van der Waals surface area contributed by atoms with Gasteiger partial charge in [0, 0.05) is 23.1 Å². The highest BCUT2D eigenvalue weighted by Gasteiger charge is 2.13. The van der Waals surface area contributed by atoms with Crippen molar-refractivity contribution < 1.29 is 14.3 Å².